The highest BCUT2D eigenvalue weighted by atomic mass is 32.2. The minimum atomic E-state index is -3.74. The second-order valence-corrected chi connectivity index (χ2v) is 11.5. The van der Waals surface area contributed by atoms with Crippen LogP contribution in [0.5, 0.6) is 5.75 Å². The fraction of sp³-hybridized carbons (Fsp3) is 0.400. The number of hydrogen-bond donors (Lipinski definition) is 1. The van der Waals surface area contributed by atoms with E-state index in [-0.39, 0.29) is 16.4 Å². The third-order valence-electron chi connectivity index (χ3n) is 5.03. The van der Waals surface area contributed by atoms with Gasteiger partial charge in [-0.2, -0.15) is 0 Å². The number of benzene rings is 2. The lowest BCUT2D eigenvalue weighted by molar-refractivity contribution is 0.414. The Balaban J connectivity index is 1.72. The smallest absolute Gasteiger partial charge is 0.183 e. The number of sulfone groups is 2. The largest absolute Gasteiger partial charge is 0.497 e. The number of hydrogen-bond acceptors (Lipinski definition) is 6. The molecule has 0 saturated carbocycles. The molecule has 2 aromatic rings. The summed E-state index contributed by atoms with van der Waals surface area (Å²) in [5, 5.41) is 2.19. The Labute approximate surface area is 166 Å². The summed E-state index contributed by atoms with van der Waals surface area (Å²) in [4.78, 5) is 0.169. The van der Waals surface area contributed by atoms with Crippen LogP contribution in [0.15, 0.2) is 53.4 Å². The Bertz CT molecular complexity index is 1010. The van der Waals surface area contributed by atoms with Crippen LogP contribution < -0.4 is 10.1 Å². The van der Waals surface area contributed by atoms with Crippen LogP contribution >= 0.6 is 0 Å². The summed E-state index contributed by atoms with van der Waals surface area (Å²) in [6.07, 6.45) is 0.665. The summed E-state index contributed by atoms with van der Waals surface area (Å²) in [6, 6.07) is 13.5. The van der Waals surface area contributed by atoms with Gasteiger partial charge >= 0.3 is 0 Å². The summed E-state index contributed by atoms with van der Waals surface area (Å²) < 4.78 is 55.5. The molecule has 2 atom stereocenters. The van der Waals surface area contributed by atoms with Crippen LogP contribution in [0.25, 0.3) is 0 Å². The first kappa shape index (κ1) is 20.8. The van der Waals surface area contributed by atoms with Gasteiger partial charge in [0.25, 0.3) is 0 Å². The number of aryl methyl sites for hydroxylation is 1. The van der Waals surface area contributed by atoms with Crippen LogP contribution in [0.3, 0.4) is 0 Å². The number of ether oxygens (including phenoxy) is 1. The predicted molar refractivity (Wildman–Crippen MR) is 109 cm³/mol. The molecule has 1 aliphatic rings. The van der Waals surface area contributed by atoms with E-state index in [1.54, 1.807) is 31.4 Å². The lowest BCUT2D eigenvalue weighted by Gasteiger charge is -2.20. The van der Waals surface area contributed by atoms with Crippen molar-refractivity contribution in [2.75, 3.05) is 25.2 Å². The fourth-order valence-corrected chi connectivity index (χ4v) is 8.13. The normalized spacial score (nSPS) is 21.5. The molecule has 0 aromatic heterocycles. The molecule has 2 unspecified atom stereocenters. The van der Waals surface area contributed by atoms with E-state index in [1.165, 1.54) is 0 Å². The standard InChI is InChI=1S/C20H25NO5S2/c1-15-3-9-18(10-4-15)28(24,25)20-14-27(22,23)13-19(20)21-12-11-16-5-7-17(26-2)8-6-16/h3-10,19-21H,11-14H2,1-2H3. The van der Waals surface area contributed by atoms with Gasteiger partial charge in [0, 0.05) is 6.04 Å². The van der Waals surface area contributed by atoms with E-state index in [0.717, 1.165) is 16.9 Å². The van der Waals surface area contributed by atoms with Crippen LogP contribution in [-0.4, -0.2) is 53.3 Å². The van der Waals surface area contributed by atoms with Gasteiger partial charge in [-0.1, -0.05) is 29.8 Å². The van der Waals surface area contributed by atoms with Crippen molar-refractivity contribution in [3.8, 4) is 5.75 Å². The third kappa shape index (κ3) is 4.74. The number of rotatable bonds is 7. The molecule has 2 aromatic carbocycles. The van der Waals surface area contributed by atoms with Gasteiger partial charge in [-0.25, -0.2) is 16.8 Å². The van der Waals surface area contributed by atoms with E-state index in [9.17, 15) is 16.8 Å². The fourth-order valence-electron chi connectivity index (χ4n) is 3.41. The summed E-state index contributed by atoms with van der Waals surface area (Å²) >= 11 is 0. The lowest BCUT2D eigenvalue weighted by atomic mass is 10.1. The molecule has 0 aliphatic carbocycles. The van der Waals surface area contributed by atoms with E-state index >= 15 is 0 Å². The summed E-state index contributed by atoms with van der Waals surface area (Å²) in [5.74, 6) is 0.261. The van der Waals surface area contributed by atoms with E-state index in [0.29, 0.717) is 13.0 Å². The maximum Gasteiger partial charge on any atom is 0.183 e. The number of methoxy groups -OCH3 is 1. The summed E-state index contributed by atoms with van der Waals surface area (Å²) in [5.41, 5.74) is 2.01. The van der Waals surface area contributed by atoms with Crippen LogP contribution in [0.1, 0.15) is 11.1 Å². The summed E-state index contributed by atoms with van der Waals surface area (Å²) in [6.45, 7) is 2.37. The molecule has 1 fully saturated rings. The SMILES string of the molecule is COc1ccc(CCNC2CS(=O)(=O)CC2S(=O)(=O)c2ccc(C)cc2)cc1. The molecular weight excluding hydrogens is 398 g/mol. The molecule has 1 aliphatic heterocycles. The highest BCUT2D eigenvalue weighted by Gasteiger charge is 2.45. The van der Waals surface area contributed by atoms with Gasteiger partial charge in [0.2, 0.25) is 0 Å². The quantitative estimate of drug-likeness (QED) is 0.730. The van der Waals surface area contributed by atoms with Gasteiger partial charge in [-0.3, -0.25) is 0 Å². The average Bonchev–Trinajstić information content (AvgIpc) is 2.98. The first-order chi connectivity index (χ1) is 13.2. The van der Waals surface area contributed by atoms with E-state index in [4.69, 9.17) is 4.74 Å². The third-order valence-corrected chi connectivity index (χ3v) is 9.19. The molecule has 1 heterocycles. The van der Waals surface area contributed by atoms with Crippen molar-refractivity contribution in [1.82, 2.24) is 5.32 Å². The van der Waals surface area contributed by atoms with Crippen molar-refractivity contribution in [3.63, 3.8) is 0 Å². The van der Waals surface area contributed by atoms with Gasteiger partial charge in [0.1, 0.15) is 5.75 Å². The van der Waals surface area contributed by atoms with Crippen LogP contribution in [0.4, 0.5) is 0 Å². The van der Waals surface area contributed by atoms with Crippen molar-refractivity contribution in [2.45, 2.75) is 29.5 Å². The maximum absolute atomic E-state index is 13.0. The monoisotopic (exact) mass is 423 g/mol. The Kier molecular flexibility index (Phi) is 6.12. The summed E-state index contributed by atoms with van der Waals surface area (Å²) in [7, 11) is -5.54. The van der Waals surface area contributed by atoms with Gasteiger partial charge in [0.05, 0.1) is 28.8 Å². The molecule has 0 bridgehead atoms. The van der Waals surface area contributed by atoms with E-state index in [2.05, 4.69) is 5.32 Å². The van der Waals surface area contributed by atoms with Crippen molar-refractivity contribution in [2.24, 2.45) is 0 Å². The van der Waals surface area contributed by atoms with Gasteiger partial charge in [0.15, 0.2) is 19.7 Å². The lowest BCUT2D eigenvalue weighted by Crippen LogP contribution is -2.44. The maximum atomic E-state index is 13.0. The van der Waals surface area contributed by atoms with Gasteiger partial charge in [-0.15, -0.1) is 0 Å². The number of nitrogens with one attached hydrogen (secondary N) is 1. The van der Waals surface area contributed by atoms with E-state index in [1.807, 2.05) is 31.2 Å². The van der Waals surface area contributed by atoms with Crippen LogP contribution in [0.2, 0.25) is 0 Å². The molecule has 152 valence electrons. The molecule has 0 amide bonds. The Hall–Kier alpha value is -1.90. The Morgan fingerprint density at radius 3 is 2.29 bits per heavy atom. The second kappa shape index (κ2) is 8.23. The van der Waals surface area contributed by atoms with Crippen LogP contribution in [0, 0.1) is 6.92 Å². The Morgan fingerprint density at radius 1 is 1.04 bits per heavy atom. The molecule has 1 saturated heterocycles. The zero-order valence-electron chi connectivity index (χ0n) is 16.0. The van der Waals surface area contributed by atoms with Crippen molar-refractivity contribution < 1.29 is 21.6 Å². The zero-order valence-corrected chi connectivity index (χ0v) is 17.6. The van der Waals surface area contributed by atoms with Crippen molar-refractivity contribution in [1.29, 1.82) is 0 Å². The average molecular weight is 424 g/mol. The topological polar surface area (TPSA) is 89.5 Å². The molecule has 1 N–H and O–H groups in total. The second-order valence-electron chi connectivity index (χ2n) is 7.13. The van der Waals surface area contributed by atoms with Gasteiger partial charge in [-0.05, 0) is 49.7 Å². The first-order valence-electron chi connectivity index (χ1n) is 9.08. The molecular formula is C20H25NO5S2. The molecule has 0 radical (unpaired) electrons. The van der Waals surface area contributed by atoms with Crippen LogP contribution in [-0.2, 0) is 26.1 Å². The highest BCUT2D eigenvalue weighted by Crippen LogP contribution is 2.26. The molecule has 8 heteroatoms. The molecule has 6 nitrogen and oxygen atoms in total. The minimum absolute atomic E-state index is 0.161. The van der Waals surface area contributed by atoms with Crippen molar-refractivity contribution in [3.05, 3.63) is 59.7 Å². The molecule has 0 spiro atoms. The van der Waals surface area contributed by atoms with E-state index < -0.39 is 31.0 Å². The van der Waals surface area contributed by atoms with Crippen molar-refractivity contribution >= 4 is 19.7 Å². The highest BCUT2D eigenvalue weighted by molar-refractivity contribution is 7.96. The minimum Gasteiger partial charge on any atom is -0.497 e. The van der Waals surface area contributed by atoms with Gasteiger partial charge < -0.3 is 10.1 Å². The first-order valence-corrected chi connectivity index (χ1v) is 12.5. The molecule has 28 heavy (non-hydrogen) atoms. The molecule has 3 rings (SSSR count). The predicted octanol–water partition coefficient (Wildman–Crippen LogP) is 1.78. The Morgan fingerprint density at radius 2 is 1.68 bits per heavy atom. The zero-order chi connectivity index (χ0) is 20.4.